The second-order valence-electron chi connectivity index (χ2n) is 6.99. The normalized spacial score (nSPS) is 16.4. The number of allylic oxidation sites excluding steroid dienone is 1. The lowest BCUT2D eigenvalue weighted by Crippen LogP contribution is -2.39. The molecule has 1 heterocycles. The van der Waals surface area contributed by atoms with E-state index in [0.717, 1.165) is 11.1 Å². The van der Waals surface area contributed by atoms with Gasteiger partial charge in [-0.3, -0.25) is 4.79 Å². The molecule has 0 spiro atoms. The second kappa shape index (κ2) is 9.60. The number of carbonyl (C=O) groups excluding carboxylic acids is 2. The van der Waals surface area contributed by atoms with Crippen LogP contribution in [0, 0.1) is 11.3 Å². The Morgan fingerprint density at radius 2 is 2.00 bits per heavy atom. The van der Waals surface area contributed by atoms with E-state index in [1.165, 1.54) is 0 Å². The molecule has 1 aliphatic rings. The van der Waals surface area contributed by atoms with Gasteiger partial charge in [-0.1, -0.05) is 48.9 Å². The largest absolute Gasteiger partial charge is 0.463 e. The van der Waals surface area contributed by atoms with E-state index in [1.807, 2.05) is 31.2 Å². The van der Waals surface area contributed by atoms with Gasteiger partial charge >= 0.3 is 5.97 Å². The molecule has 1 aliphatic heterocycles. The SMILES string of the molecule is CCOC(=O)C1=C(CC)N(Cc2ccccc2C#N)C(=O)CC1c1cccc(Cl)c1. The van der Waals surface area contributed by atoms with Gasteiger partial charge < -0.3 is 9.64 Å². The maximum Gasteiger partial charge on any atom is 0.336 e. The zero-order valence-electron chi connectivity index (χ0n) is 17.0. The summed E-state index contributed by atoms with van der Waals surface area (Å²) in [4.78, 5) is 27.8. The van der Waals surface area contributed by atoms with Crippen LogP contribution in [0.5, 0.6) is 0 Å². The third-order valence-corrected chi connectivity index (χ3v) is 5.45. The molecule has 0 aliphatic carbocycles. The minimum absolute atomic E-state index is 0.0994. The molecule has 2 aromatic rings. The maximum absolute atomic E-state index is 13.2. The molecular formula is C24H23ClN2O3. The standard InChI is InChI=1S/C24H23ClN2O3/c1-3-21-23(24(29)30-4-2)20(16-10-7-11-19(25)12-16)13-22(28)27(21)15-18-9-6-5-8-17(18)14-26/h5-12,20H,3-4,13,15H2,1-2H3. The molecule has 0 saturated carbocycles. The zero-order valence-corrected chi connectivity index (χ0v) is 17.8. The molecule has 154 valence electrons. The Morgan fingerprint density at radius 1 is 1.23 bits per heavy atom. The van der Waals surface area contributed by atoms with E-state index >= 15 is 0 Å². The molecule has 0 radical (unpaired) electrons. The number of ether oxygens (including phenoxy) is 1. The minimum Gasteiger partial charge on any atom is -0.463 e. The molecule has 2 aromatic carbocycles. The number of nitriles is 1. The van der Waals surface area contributed by atoms with Gasteiger partial charge in [-0.25, -0.2) is 4.79 Å². The van der Waals surface area contributed by atoms with Crippen LogP contribution in [-0.2, 0) is 20.9 Å². The van der Waals surface area contributed by atoms with Crippen LogP contribution in [-0.4, -0.2) is 23.4 Å². The molecule has 3 rings (SSSR count). The van der Waals surface area contributed by atoms with Gasteiger partial charge in [-0.2, -0.15) is 5.26 Å². The van der Waals surface area contributed by atoms with Crippen LogP contribution in [0.1, 0.15) is 49.3 Å². The lowest BCUT2D eigenvalue weighted by atomic mass is 9.82. The van der Waals surface area contributed by atoms with Crippen molar-refractivity contribution in [2.45, 2.75) is 39.2 Å². The Balaban J connectivity index is 2.12. The molecule has 1 amide bonds. The Kier molecular flexibility index (Phi) is 6.91. The predicted molar refractivity (Wildman–Crippen MR) is 114 cm³/mol. The summed E-state index contributed by atoms with van der Waals surface area (Å²) in [6.07, 6.45) is 0.610. The number of hydrogen-bond acceptors (Lipinski definition) is 4. The van der Waals surface area contributed by atoms with E-state index in [0.29, 0.717) is 28.3 Å². The molecule has 1 unspecified atom stereocenters. The number of amides is 1. The minimum atomic E-state index is -0.426. The quantitative estimate of drug-likeness (QED) is 0.617. The third kappa shape index (κ3) is 4.39. The molecule has 0 bridgehead atoms. The van der Waals surface area contributed by atoms with Crippen molar-refractivity contribution in [1.82, 2.24) is 4.90 Å². The summed E-state index contributed by atoms with van der Waals surface area (Å²) in [5, 5.41) is 9.96. The van der Waals surface area contributed by atoms with Crippen molar-refractivity contribution >= 4 is 23.5 Å². The fourth-order valence-corrected chi connectivity index (χ4v) is 4.06. The van der Waals surface area contributed by atoms with Crippen LogP contribution in [0.2, 0.25) is 5.02 Å². The molecule has 6 heteroatoms. The van der Waals surface area contributed by atoms with E-state index in [2.05, 4.69) is 6.07 Å². The number of esters is 1. The van der Waals surface area contributed by atoms with Crippen LogP contribution >= 0.6 is 11.6 Å². The Labute approximate surface area is 181 Å². The van der Waals surface area contributed by atoms with Gasteiger partial charge in [0.05, 0.1) is 30.4 Å². The number of rotatable bonds is 6. The number of carbonyl (C=O) groups is 2. The number of hydrogen-bond donors (Lipinski definition) is 0. The first-order valence-corrected chi connectivity index (χ1v) is 10.3. The fraction of sp³-hybridized carbons (Fsp3) is 0.292. The van der Waals surface area contributed by atoms with Gasteiger partial charge in [0.1, 0.15) is 0 Å². The highest BCUT2D eigenvalue weighted by molar-refractivity contribution is 6.30. The molecule has 30 heavy (non-hydrogen) atoms. The highest BCUT2D eigenvalue weighted by atomic mass is 35.5. The van der Waals surface area contributed by atoms with Crippen LogP contribution in [0.15, 0.2) is 59.8 Å². The summed E-state index contributed by atoms with van der Waals surface area (Å²) in [5.41, 5.74) is 3.17. The molecule has 0 saturated heterocycles. The van der Waals surface area contributed by atoms with Gasteiger partial charge in [0.25, 0.3) is 0 Å². The van der Waals surface area contributed by atoms with E-state index in [4.69, 9.17) is 16.3 Å². The van der Waals surface area contributed by atoms with Crippen LogP contribution in [0.4, 0.5) is 0 Å². The van der Waals surface area contributed by atoms with E-state index in [9.17, 15) is 14.9 Å². The van der Waals surface area contributed by atoms with Crippen molar-refractivity contribution in [2.75, 3.05) is 6.61 Å². The lowest BCUT2D eigenvalue weighted by Gasteiger charge is -2.36. The van der Waals surface area contributed by atoms with E-state index in [1.54, 1.807) is 36.1 Å². The molecule has 0 fully saturated rings. The Hall–Kier alpha value is -3.10. The van der Waals surface area contributed by atoms with Crippen molar-refractivity contribution in [3.8, 4) is 6.07 Å². The first-order chi connectivity index (χ1) is 14.5. The van der Waals surface area contributed by atoms with Crippen molar-refractivity contribution in [3.05, 3.63) is 81.5 Å². The number of benzene rings is 2. The molecule has 0 N–H and O–H groups in total. The van der Waals surface area contributed by atoms with Crippen molar-refractivity contribution in [1.29, 1.82) is 5.26 Å². The highest BCUT2D eigenvalue weighted by Crippen LogP contribution is 2.39. The average Bonchev–Trinajstić information content (AvgIpc) is 2.75. The molecule has 5 nitrogen and oxygen atoms in total. The number of nitrogens with zero attached hydrogens (tertiary/aromatic N) is 2. The van der Waals surface area contributed by atoms with Gasteiger partial charge in [-0.05, 0) is 42.7 Å². The van der Waals surface area contributed by atoms with Gasteiger partial charge in [0.15, 0.2) is 0 Å². The summed E-state index contributed by atoms with van der Waals surface area (Å²) in [6.45, 7) is 4.14. The predicted octanol–water partition coefficient (Wildman–Crippen LogP) is 4.95. The van der Waals surface area contributed by atoms with Gasteiger partial charge in [0, 0.05) is 23.1 Å². The average molecular weight is 423 g/mol. The number of halogens is 1. The van der Waals surface area contributed by atoms with E-state index < -0.39 is 11.9 Å². The van der Waals surface area contributed by atoms with Gasteiger partial charge in [0.2, 0.25) is 5.91 Å². The third-order valence-electron chi connectivity index (χ3n) is 5.21. The molecule has 0 aromatic heterocycles. The summed E-state index contributed by atoms with van der Waals surface area (Å²) >= 11 is 6.17. The molecular weight excluding hydrogens is 400 g/mol. The highest BCUT2D eigenvalue weighted by Gasteiger charge is 2.38. The second-order valence-corrected chi connectivity index (χ2v) is 7.43. The van der Waals surface area contributed by atoms with Crippen LogP contribution < -0.4 is 0 Å². The summed E-state index contributed by atoms with van der Waals surface area (Å²) in [6, 6.07) is 16.6. The van der Waals surface area contributed by atoms with Crippen LogP contribution in [0.3, 0.4) is 0 Å². The van der Waals surface area contributed by atoms with Gasteiger partial charge in [-0.15, -0.1) is 0 Å². The first kappa shape index (κ1) is 21.6. The summed E-state index contributed by atoms with van der Waals surface area (Å²) in [5.74, 6) is -0.948. The van der Waals surface area contributed by atoms with E-state index in [-0.39, 0.29) is 25.5 Å². The van der Waals surface area contributed by atoms with Crippen molar-refractivity contribution in [2.24, 2.45) is 0 Å². The monoisotopic (exact) mass is 422 g/mol. The van der Waals surface area contributed by atoms with Crippen LogP contribution in [0.25, 0.3) is 0 Å². The zero-order chi connectivity index (χ0) is 21.7. The Morgan fingerprint density at radius 3 is 2.67 bits per heavy atom. The topological polar surface area (TPSA) is 70.4 Å². The smallest absolute Gasteiger partial charge is 0.336 e. The Bertz CT molecular complexity index is 1040. The van der Waals surface area contributed by atoms with Crippen molar-refractivity contribution in [3.63, 3.8) is 0 Å². The maximum atomic E-state index is 13.2. The summed E-state index contributed by atoms with van der Waals surface area (Å²) in [7, 11) is 0. The molecule has 1 atom stereocenters. The fourth-order valence-electron chi connectivity index (χ4n) is 3.86. The first-order valence-electron chi connectivity index (χ1n) is 9.94. The summed E-state index contributed by atoms with van der Waals surface area (Å²) < 4.78 is 5.35. The van der Waals surface area contributed by atoms with Crippen molar-refractivity contribution < 1.29 is 14.3 Å². The lowest BCUT2D eigenvalue weighted by molar-refractivity contribution is -0.140.